The summed E-state index contributed by atoms with van der Waals surface area (Å²) in [5, 5.41) is 7.42. The van der Waals surface area contributed by atoms with E-state index >= 15 is 0 Å². The molecule has 0 amide bonds. The van der Waals surface area contributed by atoms with Gasteiger partial charge in [0.2, 0.25) is 0 Å². The molecule has 140 valence electrons. The summed E-state index contributed by atoms with van der Waals surface area (Å²) in [5.41, 5.74) is 4.10. The third-order valence-electron chi connectivity index (χ3n) is 5.88. The van der Waals surface area contributed by atoms with Gasteiger partial charge in [-0.1, -0.05) is 20.8 Å². The van der Waals surface area contributed by atoms with E-state index in [2.05, 4.69) is 46.9 Å². The summed E-state index contributed by atoms with van der Waals surface area (Å²) in [7, 11) is 0. The molecule has 3 heterocycles. The summed E-state index contributed by atoms with van der Waals surface area (Å²) in [6.45, 7) is 11.2. The van der Waals surface area contributed by atoms with Crippen molar-refractivity contribution in [3.8, 4) is 0 Å². The van der Waals surface area contributed by atoms with Crippen LogP contribution in [0.3, 0.4) is 0 Å². The Kier molecular flexibility index (Phi) is 4.06. The van der Waals surface area contributed by atoms with E-state index in [4.69, 9.17) is 4.98 Å². The lowest BCUT2D eigenvalue weighted by Crippen LogP contribution is -2.45. The maximum Gasteiger partial charge on any atom is 0.254 e. The van der Waals surface area contributed by atoms with E-state index in [-0.39, 0.29) is 16.4 Å². The number of nitrogens with zero attached hydrogens (tertiary/aromatic N) is 3. The van der Waals surface area contributed by atoms with Gasteiger partial charge >= 0.3 is 0 Å². The number of likely N-dealkylation sites (tertiary alicyclic amines) is 1. The average molecular weight is 355 g/mol. The van der Waals surface area contributed by atoms with Gasteiger partial charge in [-0.05, 0) is 45.2 Å². The highest BCUT2D eigenvalue weighted by atomic mass is 16.1. The molecule has 6 heteroatoms. The molecule has 6 nitrogen and oxygen atoms in total. The van der Waals surface area contributed by atoms with Crippen LogP contribution in [0.2, 0.25) is 0 Å². The van der Waals surface area contributed by atoms with Crippen LogP contribution in [0.4, 0.5) is 0 Å². The first-order chi connectivity index (χ1) is 12.3. The SMILES string of the molecule is Cc1cc(CN2CCCC3(CCc4c3nc(C(C)(C)C)[nH]c4=O)C2)n[nH]1. The predicted molar refractivity (Wildman–Crippen MR) is 101 cm³/mol. The molecule has 1 aliphatic heterocycles. The predicted octanol–water partition coefficient (Wildman–Crippen LogP) is 2.58. The number of piperidine rings is 1. The minimum absolute atomic E-state index is 0.0210. The van der Waals surface area contributed by atoms with Crippen LogP contribution < -0.4 is 5.56 Å². The van der Waals surface area contributed by atoms with Crippen molar-refractivity contribution in [1.82, 2.24) is 25.1 Å². The number of hydrogen-bond donors (Lipinski definition) is 2. The number of rotatable bonds is 2. The Bertz CT molecular complexity index is 875. The van der Waals surface area contributed by atoms with Crippen LogP contribution in [0.15, 0.2) is 10.9 Å². The number of fused-ring (bicyclic) bond motifs is 2. The lowest BCUT2D eigenvalue weighted by Gasteiger charge is -2.40. The van der Waals surface area contributed by atoms with E-state index in [9.17, 15) is 4.79 Å². The summed E-state index contributed by atoms with van der Waals surface area (Å²) in [6, 6.07) is 2.12. The zero-order valence-electron chi connectivity index (χ0n) is 16.3. The average Bonchev–Trinajstić information content (AvgIpc) is 3.12. The molecule has 0 bridgehead atoms. The molecule has 26 heavy (non-hydrogen) atoms. The highest BCUT2D eigenvalue weighted by Gasteiger charge is 2.45. The fourth-order valence-corrected chi connectivity index (χ4v) is 4.55. The largest absolute Gasteiger partial charge is 0.310 e. The van der Waals surface area contributed by atoms with Gasteiger partial charge in [-0.3, -0.25) is 14.8 Å². The number of nitrogens with one attached hydrogen (secondary N) is 2. The Morgan fingerprint density at radius 1 is 1.31 bits per heavy atom. The second-order valence-electron chi connectivity index (χ2n) is 9.13. The molecular formula is C20H29N5O. The van der Waals surface area contributed by atoms with Gasteiger partial charge in [0.15, 0.2) is 0 Å². The summed E-state index contributed by atoms with van der Waals surface area (Å²) in [5.74, 6) is 0.808. The van der Waals surface area contributed by atoms with Crippen LogP contribution in [-0.2, 0) is 23.8 Å². The Hall–Kier alpha value is -1.95. The first-order valence-corrected chi connectivity index (χ1v) is 9.64. The third-order valence-corrected chi connectivity index (χ3v) is 5.88. The van der Waals surface area contributed by atoms with Crippen molar-refractivity contribution in [3.63, 3.8) is 0 Å². The van der Waals surface area contributed by atoms with Gasteiger partial charge in [-0.25, -0.2) is 4.98 Å². The summed E-state index contributed by atoms with van der Waals surface area (Å²) < 4.78 is 0. The molecule has 1 spiro atoms. The number of aromatic nitrogens is 4. The highest BCUT2D eigenvalue weighted by Crippen LogP contribution is 2.43. The lowest BCUT2D eigenvalue weighted by molar-refractivity contribution is 0.135. The van der Waals surface area contributed by atoms with Gasteiger partial charge < -0.3 is 4.98 Å². The molecule has 2 N–H and O–H groups in total. The van der Waals surface area contributed by atoms with Crippen LogP contribution >= 0.6 is 0 Å². The topological polar surface area (TPSA) is 77.7 Å². The number of hydrogen-bond acceptors (Lipinski definition) is 4. The van der Waals surface area contributed by atoms with Crippen molar-refractivity contribution >= 4 is 0 Å². The fraction of sp³-hybridized carbons (Fsp3) is 0.650. The smallest absolute Gasteiger partial charge is 0.254 e. The maximum absolute atomic E-state index is 12.7. The van der Waals surface area contributed by atoms with E-state index in [1.165, 1.54) is 0 Å². The summed E-state index contributed by atoms with van der Waals surface area (Å²) >= 11 is 0. The van der Waals surface area contributed by atoms with E-state index in [1.54, 1.807) is 0 Å². The number of aromatic amines is 2. The minimum Gasteiger partial charge on any atom is -0.310 e. The van der Waals surface area contributed by atoms with Crippen LogP contribution in [0.25, 0.3) is 0 Å². The Morgan fingerprint density at radius 3 is 2.81 bits per heavy atom. The third kappa shape index (κ3) is 3.00. The first-order valence-electron chi connectivity index (χ1n) is 9.64. The Balaban J connectivity index is 1.66. The monoisotopic (exact) mass is 355 g/mol. The van der Waals surface area contributed by atoms with E-state index in [0.717, 1.165) is 73.8 Å². The van der Waals surface area contributed by atoms with Crippen molar-refractivity contribution in [2.75, 3.05) is 13.1 Å². The normalized spacial score (nSPS) is 23.5. The molecule has 0 aromatic carbocycles. The summed E-state index contributed by atoms with van der Waals surface area (Å²) in [6.07, 6.45) is 4.14. The van der Waals surface area contributed by atoms with Crippen molar-refractivity contribution < 1.29 is 0 Å². The molecule has 1 atom stereocenters. The highest BCUT2D eigenvalue weighted by molar-refractivity contribution is 5.34. The molecule has 2 aliphatic rings. The zero-order valence-corrected chi connectivity index (χ0v) is 16.3. The van der Waals surface area contributed by atoms with Crippen molar-refractivity contribution in [1.29, 1.82) is 0 Å². The van der Waals surface area contributed by atoms with Crippen LogP contribution in [0.5, 0.6) is 0 Å². The standard InChI is InChI=1S/C20H29N5O/c1-13-10-14(24-23-13)11-25-9-5-7-20(12-25)8-6-15-16(20)21-18(19(2,3)4)22-17(15)26/h10H,5-9,11-12H2,1-4H3,(H,23,24)(H,21,22,26). The van der Waals surface area contributed by atoms with Crippen LogP contribution in [0, 0.1) is 6.92 Å². The van der Waals surface area contributed by atoms with Gasteiger partial charge in [0.1, 0.15) is 5.82 Å². The fourth-order valence-electron chi connectivity index (χ4n) is 4.55. The van der Waals surface area contributed by atoms with Crippen molar-refractivity contribution in [3.05, 3.63) is 44.9 Å². The molecule has 0 radical (unpaired) electrons. The van der Waals surface area contributed by atoms with Crippen molar-refractivity contribution in [2.24, 2.45) is 0 Å². The maximum atomic E-state index is 12.7. The lowest BCUT2D eigenvalue weighted by atomic mass is 9.77. The zero-order chi connectivity index (χ0) is 18.5. The van der Waals surface area contributed by atoms with Gasteiger partial charge in [-0.2, -0.15) is 5.10 Å². The number of H-pyrrole nitrogens is 2. The molecule has 1 saturated heterocycles. The molecule has 1 fully saturated rings. The molecule has 2 aromatic heterocycles. The molecule has 1 unspecified atom stereocenters. The van der Waals surface area contributed by atoms with Gasteiger partial charge in [0.25, 0.3) is 5.56 Å². The minimum atomic E-state index is -0.154. The molecular weight excluding hydrogens is 326 g/mol. The van der Waals surface area contributed by atoms with Gasteiger partial charge in [0, 0.05) is 35.2 Å². The Morgan fingerprint density at radius 2 is 2.12 bits per heavy atom. The van der Waals surface area contributed by atoms with E-state index in [1.807, 2.05) is 6.92 Å². The van der Waals surface area contributed by atoms with Crippen LogP contribution in [-0.4, -0.2) is 38.2 Å². The first kappa shape index (κ1) is 17.5. The molecule has 4 rings (SSSR count). The van der Waals surface area contributed by atoms with Crippen LogP contribution in [0.1, 0.15) is 68.5 Å². The van der Waals surface area contributed by atoms with Crippen molar-refractivity contribution in [2.45, 2.75) is 70.8 Å². The second kappa shape index (κ2) is 6.05. The second-order valence-corrected chi connectivity index (χ2v) is 9.13. The molecule has 2 aromatic rings. The quantitative estimate of drug-likeness (QED) is 0.868. The van der Waals surface area contributed by atoms with Gasteiger partial charge in [0.05, 0.1) is 11.4 Å². The van der Waals surface area contributed by atoms with Gasteiger partial charge in [-0.15, -0.1) is 0 Å². The molecule has 1 aliphatic carbocycles. The Labute approximate surface area is 154 Å². The summed E-state index contributed by atoms with van der Waals surface area (Å²) in [4.78, 5) is 23.2. The molecule has 0 saturated carbocycles. The number of aryl methyl sites for hydroxylation is 1. The van der Waals surface area contributed by atoms with E-state index < -0.39 is 0 Å². The van der Waals surface area contributed by atoms with E-state index in [0.29, 0.717) is 0 Å².